The minimum atomic E-state index is -0.953. The minimum absolute atomic E-state index is 0.00773. The fourth-order valence-corrected chi connectivity index (χ4v) is 9.68. The molecule has 0 spiro atoms. The number of ketones is 2. The summed E-state index contributed by atoms with van der Waals surface area (Å²) in [7, 11) is 0. The lowest BCUT2D eigenvalue weighted by Crippen LogP contribution is -2.56. The number of aliphatic hydroxyl groups is 1. The molecule has 2 aromatic rings. The Morgan fingerprint density at radius 1 is 0.795 bits per heavy atom. The molecule has 204 valence electrons. The van der Waals surface area contributed by atoms with Crippen LogP contribution < -0.4 is 0 Å². The molecule has 4 aliphatic carbocycles. The summed E-state index contributed by atoms with van der Waals surface area (Å²) in [4.78, 5) is 25.2. The van der Waals surface area contributed by atoms with Crippen molar-refractivity contribution in [3.63, 3.8) is 0 Å². The number of benzene rings is 2. The Balaban J connectivity index is 1.15. The first-order chi connectivity index (χ1) is 18.6. The Morgan fingerprint density at radius 2 is 1.49 bits per heavy atom. The van der Waals surface area contributed by atoms with Crippen LogP contribution in [0.2, 0.25) is 0 Å². The Kier molecular flexibility index (Phi) is 6.62. The molecule has 6 rings (SSSR count). The number of carbonyl (C=O) groups is 2. The molecule has 39 heavy (non-hydrogen) atoms. The predicted octanol–water partition coefficient (Wildman–Crippen LogP) is 7.25. The van der Waals surface area contributed by atoms with Crippen LogP contribution >= 0.6 is 0 Å². The first-order valence-electron chi connectivity index (χ1n) is 15.1. The quantitative estimate of drug-likeness (QED) is 0.341. The first-order valence-corrected chi connectivity index (χ1v) is 15.1. The third kappa shape index (κ3) is 4.50. The number of Topliss-reactive ketones (excluding diaryl/α,β-unsaturated/α-hetero) is 1. The normalized spacial score (nSPS) is 38.9. The average molecular weight is 523 g/mol. The molecule has 0 saturated heterocycles. The topological polar surface area (TPSA) is 54.4 Å². The summed E-state index contributed by atoms with van der Waals surface area (Å²) in [6, 6.07) is 16.8. The summed E-state index contributed by atoms with van der Waals surface area (Å²) >= 11 is 0. The van der Waals surface area contributed by atoms with Crippen LogP contribution in [0.25, 0.3) is 0 Å². The summed E-state index contributed by atoms with van der Waals surface area (Å²) in [6.07, 6.45) is 9.59. The second kappa shape index (κ2) is 9.74. The van der Waals surface area contributed by atoms with Gasteiger partial charge in [0.1, 0.15) is 11.4 Å². The highest BCUT2D eigenvalue weighted by Gasteiger charge is 2.61. The van der Waals surface area contributed by atoms with Gasteiger partial charge in [0.25, 0.3) is 0 Å². The van der Waals surface area contributed by atoms with Crippen LogP contribution in [0.5, 0.6) is 0 Å². The second-order valence-corrected chi connectivity index (χ2v) is 13.7. The van der Waals surface area contributed by atoms with Crippen LogP contribution in [0.1, 0.15) is 100 Å². The van der Waals surface area contributed by atoms with E-state index in [0.29, 0.717) is 34.7 Å². The molecule has 2 aromatic carbocycles. The summed E-state index contributed by atoms with van der Waals surface area (Å²) in [5.74, 6) is 9.76. The second-order valence-electron chi connectivity index (χ2n) is 13.7. The molecule has 4 saturated carbocycles. The Labute approximate surface area is 233 Å². The van der Waals surface area contributed by atoms with Gasteiger partial charge in [-0.3, -0.25) is 9.59 Å². The van der Waals surface area contributed by atoms with Gasteiger partial charge in [-0.15, -0.1) is 0 Å². The van der Waals surface area contributed by atoms with E-state index in [4.69, 9.17) is 0 Å². The number of carbonyl (C=O) groups excluding carboxylic acids is 2. The maximum atomic E-state index is 12.7. The fraction of sp³-hybridized carbons (Fsp3) is 0.556. The number of fused-ring (bicyclic) bond motifs is 5. The lowest BCUT2D eigenvalue weighted by atomic mass is 9.44. The Morgan fingerprint density at radius 3 is 2.21 bits per heavy atom. The molecule has 4 fully saturated rings. The SMILES string of the molecule is CC(=O)[C@H]1CCC2C3CC[C@@H]4C[C@@](O)(C#Cc5ccc(C(=O)c6ccccc6)cc5)CC[C@]4(C)C3CC[C@@]21C. The van der Waals surface area contributed by atoms with Crippen molar-refractivity contribution >= 4 is 11.6 Å². The number of rotatable bonds is 3. The van der Waals surface area contributed by atoms with E-state index in [1.807, 2.05) is 61.5 Å². The molecule has 0 amide bonds. The predicted molar refractivity (Wildman–Crippen MR) is 154 cm³/mol. The Hall–Kier alpha value is -2.70. The van der Waals surface area contributed by atoms with E-state index in [0.717, 1.165) is 43.6 Å². The van der Waals surface area contributed by atoms with E-state index in [-0.39, 0.29) is 22.5 Å². The van der Waals surface area contributed by atoms with Crippen LogP contribution in [-0.4, -0.2) is 22.3 Å². The summed E-state index contributed by atoms with van der Waals surface area (Å²) in [5, 5.41) is 11.6. The van der Waals surface area contributed by atoms with Gasteiger partial charge >= 0.3 is 0 Å². The molecular formula is C36H42O3. The summed E-state index contributed by atoms with van der Waals surface area (Å²) < 4.78 is 0. The van der Waals surface area contributed by atoms with E-state index in [9.17, 15) is 14.7 Å². The highest BCUT2D eigenvalue weighted by molar-refractivity contribution is 6.08. The first kappa shape index (κ1) is 26.5. The van der Waals surface area contributed by atoms with E-state index in [1.54, 1.807) is 0 Å². The van der Waals surface area contributed by atoms with Gasteiger partial charge in [-0.2, -0.15) is 0 Å². The zero-order chi connectivity index (χ0) is 27.4. The van der Waals surface area contributed by atoms with Crippen molar-refractivity contribution in [2.75, 3.05) is 0 Å². The third-order valence-corrected chi connectivity index (χ3v) is 11.8. The van der Waals surface area contributed by atoms with Crippen LogP contribution in [0, 0.1) is 52.3 Å². The molecule has 0 bridgehead atoms. The highest BCUT2D eigenvalue weighted by atomic mass is 16.3. The molecule has 4 aliphatic rings. The van der Waals surface area contributed by atoms with Gasteiger partial charge in [0.15, 0.2) is 5.78 Å². The molecule has 8 atom stereocenters. The van der Waals surface area contributed by atoms with Crippen molar-refractivity contribution in [3.05, 3.63) is 71.3 Å². The van der Waals surface area contributed by atoms with Gasteiger partial charge in [-0.25, -0.2) is 0 Å². The van der Waals surface area contributed by atoms with E-state index < -0.39 is 5.60 Å². The van der Waals surface area contributed by atoms with Crippen molar-refractivity contribution in [1.82, 2.24) is 0 Å². The van der Waals surface area contributed by atoms with Crippen LogP contribution in [0.15, 0.2) is 54.6 Å². The standard InChI is InChI=1S/C36H42O3/c1-24(37)30-15-16-31-29-14-13-28-23-36(39,22-21-34(28,2)32(29)18-19-35(30,31)3)20-17-25-9-11-27(12-10-25)33(38)26-7-5-4-6-8-26/h4-12,28-32,39H,13-16,18-19,21-23H2,1-3H3/t28-,29?,30-,31?,32?,34+,35-,36-/m1/s1. The van der Waals surface area contributed by atoms with Crippen molar-refractivity contribution in [3.8, 4) is 11.8 Å². The Bertz CT molecular complexity index is 1320. The molecule has 3 unspecified atom stereocenters. The molecule has 3 nitrogen and oxygen atoms in total. The van der Waals surface area contributed by atoms with Crippen molar-refractivity contribution in [2.24, 2.45) is 40.4 Å². The highest BCUT2D eigenvalue weighted by Crippen LogP contribution is 2.68. The van der Waals surface area contributed by atoms with E-state index in [2.05, 4.69) is 25.7 Å². The molecule has 0 aromatic heterocycles. The fourth-order valence-electron chi connectivity index (χ4n) is 9.68. The lowest BCUT2D eigenvalue weighted by molar-refractivity contribution is -0.144. The largest absolute Gasteiger partial charge is 0.378 e. The van der Waals surface area contributed by atoms with Gasteiger partial charge in [0, 0.05) is 22.6 Å². The van der Waals surface area contributed by atoms with E-state index >= 15 is 0 Å². The lowest BCUT2D eigenvalue weighted by Gasteiger charge is -2.61. The number of hydrogen-bond donors (Lipinski definition) is 1. The average Bonchev–Trinajstić information content (AvgIpc) is 3.30. The van der Waals surface area contributed by atoms with E-state index in [1.165, 1.54) is 25.7 Å². The van der Waals surface area contributed by atoms with Gasteiger partial charge in [0.2, 0.25) is 0 Å². The smallest absolute Gasteiger partial charge is 0.193 e. The summed E-state index contributed by atoms with van der Waals surface area (Å²) in [5.41, 5.74) is 1.66. The monoisotopic (exact) mass is 522 g/mol. The molecule has 3 heteroatoms. The molecule has 0 heterocycles. The van der Waals surface area contributed by atoms with Crippen molar-refractivity contribution in [2.45, 2.75) is 84.2 Å². The molecule has 0 radical (unpaired) electrons. The van der Waals surface area contributed by atoms with Gasteiger partial charge in [-0.05, 0) is 123 Å². The van der Waals surface area contributed by atoms with Gasteiger partial charge in [-0.1, -0.05) is 56.0 Å². The zero-order valence-corrected chi connectivity index (χ0v) is 23.7. The molecule has 0 aliphatic heterocycles. The summed E-state index contributed by atoms with van der Waals surface area (Å²) in [6.45, 7) is 6.73. The van der Waals surface area contributed by atoms with Crippen LogP contribution in [0.4, 0.5) is 0 Å². The van der Waals surface area contributed by atoms with Crippen LogP contribution in [0.3, 0.4) is 0 Å². The zero-order valence-electron chi connectivity index (χ0n) is 23.7. The maximum Gasteiger partial charge on any atom is 0.193 e. The molecular weight excluding hydrogens is 480 g/mol. The molecule has 1 N–H and O–H groups in total. The maximum absolute atomic E-state index is 12.7. The van der Waals surface area contributed by atoms with Crippen molar-refractivity contribution in [1.29, 1.82) is 0 Å². The van der Waals surface area contributed by atoms with Gasteiger partial charge < -0.3 is 5.11 Å². The van der Waals surface area contributed by atoms with Crippen molar-refractivity contribution < 1.29 is 14.7 Å². The van der Waals surface area contributed by atoms with Crippen LogP contribution in [-0.2, 0) is 4.79 Å². The third-order valence-electron chi connectivity index (χ3n) is 11.8. The minimum Gasteiger partial charge on any atom is -0.378 e. The number of hydrogen-bond acceptors (Lipinski definition) is 3. The van der Waals surface area contributed by atoms with Gasteiger partial charge in [0.05, 0.1) is 0 Å².